The Morgan fingerprint density at radius 3 is 2.06 bits per heavy atom. The molecular formula is C25H35N5O. The molecule has 0 aliphatic carbocycles. The molecular weight excluding hydrogens is 386 g/mol. The molecule has 0 unspecified atom stereocenters. The van der Waals surface area contributed by atoms with Gasteiger partial charge in [-0.3, -0.25) is 9.69 Å². The van der Waals surface area contributed by atoms with E-state index >= 15 is 0 Å². The second kappa shape index (κ2) is 10.6. The van der Waals surface area contributed by atoms with Gasteiger partial charge >= 0.3 is 0 Å². The quantitative estimate of drug-likeness (QED) is 0.719. The molecule has 0 aromatic heterocycles. The predicted molar refractivity (Wildman–Crippen MR) is 128 cm³/mol. The highest BCUT2D eigenvalue weighted by molar-refractivity contribution is 5.78. The summed E-state index contributed by atoms with van der Waals surface area (Å²) in [6, 6.07) is 17.0. The molecule has 4 rings (SSSR count). The van der Waals surface area contributed by atoms with Crippen LogP contribution in [0.2, 0.25) is 0 Å². The van der Waals surface area contributed by atoms with Crippen molar-refractivity contribution in [1.29, 1.82) is 0 Å². The van der Waals surface area contributed by atoms with Gasteiger partial charge in [0.15, 0.2) is 0 Å². The summed E-state index contributed by atoms with van der Waals surface area (Å²) in [5, 5.41) is 6.51. The van der Waals surface area contributed by atoms with Crippen LogP contribution in [0.5, 0.6) is 0 Å². The molecule has 2 fully saturated rings. The molecule has 2 aromatic rings. The number of nitrogens with one attached hydrogen (secondary N) is 2. The highest BCUT2D eigenvalue weighted by atomic mass is 16.2. The van der Waals surface area contributed by atoms with E-state index in [4.69, 9.17) is 0 Å². The minimum absolute atomic E-state index is 0.0977. The van der Waals surface area contributed by atoms with Crippen molar-refractivity contribution in [3.8, 4) is 0 Å². The van der Waals surface area contributed by atoms with E-state index in [1.165, 1.54) is 38.0 Å². The zero-order valence-electron chi connectivity index (χ0n) is 18.6. The highest BCUT2D eigenvalue weighted by Crippen LogP contribution is 2.24. The van der Waals surface area contributed by atoms with Crippen molar-refractivity contribution in [3.63, 3.8) is 0 Å². The first kappa shape index (κ1) is 21.7. The van der Waals surface area contributed by atoms with Crippen molar-refractivity contribution in [2.45, 2.75) is 25.8 Å². The number of carbonyl (C=O) groups excluding carboxylic acids is 1. The Morgan fingerprint density at radius 2 is 1.42 bits per heavy atom. The summed E-state index contributed by atoms with van der Waals surface area (Å²) in [4.78, 5) is 19.2. The lowest BCUT2D eigenvalue weighted by Crippen LogP contribution is -2.48. The first-order valence-corrected chi connectivity index (χ1v) is 11.5. The van der Waals surface area contributed by atoms with Crippen molar-refractivity contribution in [3.05, 3.63) is 54.1 Å². The van der Waals surface area contributed by atoms with Gasteiger partial charge in [-0.25, -0.2) is 0 Å². The first-order valence-electron chi connectivity index (χ1n) is 11.5. The average molecular weight is 422 g/mol. The molecule has 6 nitrogen and oxygen atoms in total. The Labute approximate surface area is 186 Å². The predicted octanol–water partition coefficient (Wildman–Crippen LogP) is 3.28. The van der Waals surface area contributed by atoms with Crippen LogP contribution in [0.1, 0.15) is 24.8 Å². The largest absolute Gasteiger partial charge is 0.372 e. The van der Waals surface area contributed by atoms with E-state index < -0.39 is 0 Å². The molecule has 2 aromatic carbocycles. The third kappa shape index (κ3) is 6.45. The molecule has 1 amide bonds. The third-order valence-electron chi connectivity index (χ3n) is 6.28. The number of nitrogens with zero attached hydrogens (tertiary/aromatic N) is 3. The Kier molecular flexibility index (Phi) is 7.43. The fourth-order valence-electron chi connectivity index (χ4n) is 4.25. The van der Waals surface area contributed by atoms with Crippen molar-refractivity contribution in [2.24, 2.45) is 0 Å². The highest BCUT2D eigenvalue weighted by Gasteiger charge is 2.16. The van der Waals surface area contributed by atoms with Crippen molar-refractivity contribution in [2.75, 3.05) is 63.1 Å². The molecule has 0 atom stereocenters. The van der Waals surface area contributed by atoms with E-state index in [2.05, 4.69) is 80.9 Å². The van der Waals surface area contributed by atoms with Crippen LogP contribution in [0.25, 0.3) is 0 Å². The fourth-order valence-corrected chi connectivity index (χ4v) is 4.25. The van der Waals surface area contributed by atoms with Gasteiger partial charge in [0.1, 0.15) is 0 Å². The molecule has 2 heterocycles. The van der Waals surface area contributed by atoms with Gasteiger partial charge in [0.2, 0.25) is 5.91 Å². The summed E-state index contributed by atoms with van der Waals surface area (Å²) in [7, 11) is 2.13. The van der Waals surface area contributed by atoms with Crippen LogP contribution in [-0.4, -0.2) is 68.6 Å². The number of benzene rings is 2. The maximum atomic E-state index is 12.2. The number of amides is 1. The lowest BCUT2D eigenvalue weighted by Gasteiger charge is -2.31. The van der Waals surface area contributed by atoms with Crippen LogP contribution in [0.4, 0.5) is 17.1 Å². The topological polar surface area (TPSA) is 50.9 Å². The lowest BCUT2D eigenvalue weighted by molar-refractivity contribution is -0.122. The summed E-state index contributed by atoms with van der Waals surface area (Å²) in [5.41, 5.74) is 4.57. The summed E-state index contributed by atoms with van der Waals surface area (Å²) in [6.07, 6.45) is 3.94. The van der Waals surface area contributed by atoms with E-state index in [1.807, 2.05) is 0 Å². The Morgan fingerprint density at radius 1 is 0.806 bits per heavy atom. The average Bonchev–Trinajstić information content (AvgIpc) is 2.81. The van der Waals surface area contributed by atoms with Crippen molar-refractivity contribution >= 4 is 23.0 Å². The molecule has 0 saturated carbocycles. The molecule has 2 saturated heterocycles. The van der Waals surface area contributed by atoms with Gasteiger partial charge in [-0.2, -0.15) is 0 Å². The van der Waals surface area contributed by atoms with E-state index in [0.717, 1.165) is 43.1 Å². The van der Waals surface area contributed by atoms with E-state index in [-0.39, 0.29) is 5.91 Å². The number of hydrogen-bond donors (Lipinski definition) is 2. The Hall–Kier alpha value is -2.57. The molecule has 2 aliphatic heterocycles. The van der Waals surface area contributed by atoms with E-state index in [0.29, 0.717) is 13.1 Å². The zero-order valence-corrected chi connectivity index (χ0v) is 18.6. The van der Waals surface area contributed by atoms with Gasteiger partial charge in [0.25, 0.3) is 0 Å². The maximum absolute atomic E-state index is 12.2. The van der Waals surface area contributed by atoms with Crippen molar-refractivity contribution < 1.29 is 4.79 Å². The molecule has 166 valence electrons. The summed E-state index contributed by atoms with van der Waals surface area (Å²) >= 11 is 0. The smallest absolute Gasteiger partial charge is 0.234 e. The van der Waals surface area contributed by atoms with Gasteiger partial charge < -0.3 is 20.4 Å². The Bertz CT molecular complexity index is 822. The molecule has 31 heavy (non-hydrogen) atoms. The number of piperazine rings is 1. The van der Waals surface area contributed by atoms with Crippen LogP contribution in [-0.2, 0) is 11.3 Å². The first-order chi connectivity index (χ1) is 15.2. The summed E-state index contributed by atoms with van der Waals surface area (Å²) in [5.74, 6) is 0.0977. The molecule has 2 aliphatic rings. The van der Waals surface area contributed by atoms with Gasteiger partial charge in [-0.05, 0) is 68.3 Å². The fraction of sp³-hybridized carbons (Fsp3) is 0.480. The minimum Gasteiger partial charge on any atom is -0.372 e. The monoisotopic (exact) mass is 421 g/mol. The van der Waals surface area contributed by atoms with Crippen molar-refractivity contribution in [1.82, 2.24) is 15.1 Å². The normalized spacial score (nSPS) is 18.0. The number of hydrogen-bond acceptors (Lipinski definition) is 5. The van der Waals surface area contributed by atoms with Crippen LogP contribution in [0.3, 0.4) is 0 Å². The molecule has 0 spiro atoms. The zero-order chi connectivity index (χ0) is 21.5. The van der Waals surface area contributed by atoms with Crippen LogP contribution >= 0.6 is 0 Å². The number of piperidine rings is 1. The SMILES string of the molecule is CN1CCN(CC(=O)NCc2ccc(Nc3ccc(N4CCCCC4)cc3)cc2)CC1. The standard InChI is InChI=1S/C25H35N5O/c1-28-15-17-29(18-16-28)20-25(31)26-19-21-5-7-22(8-6-21)27-23-9-11-24(12-10-23)30-13-3-2-4-14-30/h5-12,27H,2-4,13-20H2,1H3,(H,26,31). The van der Waals surface area contributed by atoms with Gasteiger partial charge in [-0.15, -0.1) is 0 Å². The summed E-state index contributed by atoms with van der Waals surface area (Å²) in [6.45, 7) is 7.37. The number of anilines is 3. The minimum atomic E-state index is 0.0977. The van der Waals surface area contributed by atoms with Crippen LogP contribution in [0, 0.1) is 0 Å². The van der Waals surface area contributed by atoms with E-state index in [1.54, 1.807) is 0 Å². The molecule has 0 radical (unpaired) electrons. The molecule has 2 N–H and O–H groups in total. The third-order valence-corrected chi connectivity index (χ3v) is 6.28. The number of likely N-dealkylation sites (N-methyl/N-ethyl adjacent to an activating group) is 1. The number of carbonyl (C=O) groups is 1. The number of rotatable bonds is 7. The molecule has 6 heteroatoms. The van der Waals surface area contributed by atoms with Crippen LogP contribution in [0.15, 0.2) is 48.5 Å². The van der Waals surface area contributed by atoms with Crippen LogP contribution < -0.4 is 15.5 Å². The van der Waals surface area contributed by atoms with E-state index in [9.17, 15) is 4.79 Å². The summed E-state index contributed by atoms with van der Waals surface area (Å²) < 4.78 is 0. The van der Waals surface area contributed by atoms with Gasteiger partial charge in [0.05, 0.1) is 6.54 Å². The Balaban J connectivity index is 1.22. The van der Waals surface area contributed by atoms with Gasteiger partial charge in [0, 0.05) is 62.9 Å². The van der Waals surface area contributed by atoms with Gasteiger partial charge in [-0.1, -0.05) is 12.1 Å². The maximum Gasteiger partial charge on any atom is 0.234 e. The molecule has 0 bridgehead atoms. The second-order valence-electron chi connectivity index (χ2n) is 8.77. The lowest BCUT2D eigenvalue weighted by atomic mass is 10.1. The second-order valence-corrected chi connectivity index (χ2v) is 8.77.